The van der Waals surface area contributed by atoms with Gasteiger partial charge in [0.05, 0.1) is 0 Å². The molecule has 0 saturated carbocycles. The van der Waals surface area contributed by atoms with Gasteiger partial charge < -0.3 is 5.32 Å². The molecule has 0 radical (unpaired) electrons. The van der Waals surface area contributed by atoms with Crippen molar-refractivity contribution in [2.45, 2.75) is 6.92 Å². The highest BCUT2D eigenvalue weighted by Gasteiger charge is 2.04. The van der Waals surface area contributed by atoms with Crippen molar-refractivity contribution >= 4 is 17.7 Å². The van der Waals surface area contributed by atoms with Crippen LogP contribution in [0.1, 0.15) is 12.5 Å². The predicted octanol–water partition coefficient (Wildman–Crippen LogP) is 3.12. The number of anilines is 1. The summed E-state index contributed by atoms with van der Waals surface area (Å²) in [5.41, 5.74) is 2.42. The van der Waals surface area contributed by atoms with Crippen molar-refractivity contribution in [3.63, 3.8) is 0 Å². The van der Waals surface area contributed by atoms with Gasteiger partial charge in [-0.15, -0.1) is 0 Å². The van der Waals surface area contributed by atoms with E-state index in [0.29, 0.717) is 5.57 Å². The first-order valence-corrected chi connectivity index (χ1v) is 5.70. The molecule has 0 aliphatic heterocycles. The summed E-state index contributed by atoms with van der Waals surface area (Å²) >= 11 is 0. The number of amides is 1. The second kappa shape index (κ2) is 5.77. The molecule has 2 aromatic rings. The van der Waals surface area contributed by atoms with Crippen LogP contribution >= 0.6 is 0 Å². The lowest BCUT2D eigenvalue weighted by molar-refractivity contribution is -0.112. The summed E-state index contributed by atoms with van der Waals surface area (Å²) in [6.45, 7) is 1.80. The molecule has 0 spiro atoms. The quantitative estimate of drug-likeness (QED) is 0.835. The van der Waals surface area contributed by atoms with Crippen LogP contribution in [0, 0.1) is 0 Å². The molecule has 0 aliphatic rings. The third-order valence-electron chi connectivity index (χ3n) is 2.48. The van der Waals surface area contributed by atoms with Gasteiger partial charge in [-0.2, -0.15) is 0 Å². The van der Waals surface area contributed by atoms with Gasteiger partial charge in [0, 0.05) is 23.7 Å². The molecule has 1 N–H and O–H groups in total. The van der Waals surface area contributed by atoms with Gasteiger partial charge in [-0.05, 0) is 30.7 Å². The van der Waals surface area contributed by atoms with Crippen molar-refractivity contribution in [2.75, 3.05) is 5.32 Å². The van der Waals surface area contributed by atoms with E-state index in [2.05, 4.69) is 10.3 Å². The zero-order valence-electron chi connectivity index (χ0n) is 10.1. The molecule has 3 nitrogen and oxygen atoms in total. The largest absolute Gasteiger partial charge is 0.322 e. The van der Waals surface area contributed by atoms with Crippen molar-refractivity contribution in [1.82, 2.24) is 4.98 Å². The third-order valence-corrected chi connectivity index (χ3v) is 2.48. The molecular formula is C15H14N2O. The summed E-state index contributed by atoms with van der Waals surface area (Å²) in [7, 11) is 0. The monoisotopic (exact) mass is 238 g/mol. The summed E-state index contributed by atoms with van der Waals surface area (Å²) in [6, 6.07) is 13.3. The molecule has 0 unspecified atom stereocenters. The highest BCUT2D eigenvalue weighted by atomic mass is 16.1. The fourth-order valence-corrected chi connectivity index (χ4v) is 1.53. The van der Waals surface area contributed by atoms with Crippen molar-refractivity contribution in [2.24, 2.45) is 0 Å². The number of pyridine rings is 1. The van der Waals surface area contributed by atoms with E-state index in [4.69, 9.17) is 0 Å². The molecule has 0 saturated heterocycles. The van der Waals surface area contributed by atoms with Gasteiger partial charge >= 0.3 is 0 Å². The van der Waals surface area contributed by atoms with Crippen LogP contribution < -0.4 is 5.32 Å². The average molecular weight is 238 g/mol. The molecule has 1 amide bonds. The number of carbonyl (C=O) groups excluding carboxylic acids is 1. The van der Waals surface area contributed by atoms with Crippen molar-refractivity contribution < 1.29 is 4.79 Å². The molecule has 0 bridgehead atoms. The number of carbonyl (C=O) groups is 1. The van der Waals surface area contributed by atoms with E-state index in [-0.39, 0.29) is 5.91 Å². The Morgan fingerprint density at radius 2 is 1.78 bits per heavy atom. The molecule has 0 fully saturated rings. The Morgan fingerprint density at radius 1 is 1.11 bits per heavy atom. The molecule has 3 heteroatoms. The van der Waals surface area contributed by atoms with Crippen molar-refractivity contribution in [3.8, 4) is 0 Å². The highest BCUT2D eigenvalue weighted by molar-refractivity contribution is 6.06. The number of nitrogens with zero attached hydrogens (tertiary/aromatic N) is 1. The Morgan fingerprint density at radius 3 is 2.44 bits per heavy atom. The fraction of sp³-hybridized carbons (Fsp3) is 0.0667. The van der Waals surface area contributed by atoms with Gasteiger partial charge in [-0.1, -0.05) is 30.3 Å². The van der Waals surface area contributed by atoms with Gasteiger partial charge in [0.2, 0.25) is 0 Å². The minimum atomic E-state index is -0.106. The molecule has 1 aromatic carbocycles. The summed E-state index contributed by atoms with van der Waals surface area (Å²) in [5.74, 6) is -0.106. The van der Waals surface area contributed by atoms with Gasteiger partial charge in [0.15, 0.2) is 0 Å². The van der Waals surface area contributed by atoms with Crippen LogP contribution in [-0.2, 0) is 4.79 Å². The van der Waals surface area contributed by atoms with Crippen molar-refractivity contribution in [1.29, 1.82) is 0 Å². The van der Waals surface area contributed by atoms with E-state index in [0.717, 1.165) is 11.3 Å². The van der Waals surface area contributed by atoms with Gasteiger partial charge in [-0.3, -0.25) is 9.78 Å². The standard InChI is InChI=1S/C15H14N2O/c1-12(11-13-5-3-2-4-6-13)15(18)17-14-7-9-16-10-8-14/h2-11H,1H3,(H,16,17,18)/b12-11+. The van der Waals surface area contributed by atoms with Crippen LogP contribution in [-0.4, -0.2) is 10.9 Å². The highest BCUT2D eigenvalue weighted by Crippen LogP contribution is 2.09. The second-order valence-corrected chi connectivity index (χ2v) is 3.93. The maximum absolute atomic E-state index is 11.9. The smallest absolute Gasteiger partial charge is 0.251 e. The first-order valence-electron chi connectivity index (χ1n) is 5.70. The normalized spacial score (nSPS) is 11.1. The van der Waals surface area contributed by atoms with Gasteiger partial charge in [0.1, 0.15) is 0 Å². The minimum absolute atomic E-state index is 0.106. The Balaban J connectivity index is 2.08. The lowest BCUT2D eigenvalue weighted by atomic mass is 10.1. The summed E-state index contributed by atoms with van der Waals surface area (Å²) < 4.78 is 0. The third kappa shape index (κ3) is 3.28. The van der Waals surface area contributed by atoms with Crippen LogP contribution in [0.2, 0.25) is 0 Å². The molecule has 0 atom stereocenters. The van der Waals surface area contributed by atoms with Crippen LogP contribution in [0.4, 0.5) is 5.69 Å². The van der Waals surface area contributed by atoms with E-state index in [1.807, 2.05) is 36.4 Å². The molecule has 1 aromatic heterocycles. The molecule has 90 valence electrons. The Bertz CT molecular complexity index is 547. The van der Waals surface area contributed by atoms with E-state index in [9.17, 15) is 4.79 Å². The van der Waals surface area contributed by atoms with Crippen LogP contribution in [0.15, 0.2) is 60.4 Å². The van der Waals surface area contributed by atoms with Gasteiger partial charge in [0.25, 0.3) is 5.91 Å². The molecule has 0 aliphatic carbocycles. The second-order valence-electron chi connectivity index (χ2n) is 3.93. The van der Waals surface area contributed by atoms with Crippen LogP contribution in [0.25, 0.3) is 6.08 Å². The van der Waals surface area contributed by atoms with Gasteiger partial charge in [-0.25, -0.2) is 0 Å². The number of aromatic nitrogens is 1. The zero-order chi connectivity index (χ0) is 12.8. The summed E-state index contributed by atoms with van der Waals surface area (Å²) in [5, 5.41) is 2.81. The predicted molar refractivity (Wildman–Crippen MR) is 73.0 cm³/mol. The topological polar surface area (TPSA) is 42.0 Å². The lowest BCUT2D eigenvalue weighted by Crippen LogP contribution is -2.12. The molecule has 1 heterocycles. The molecule has 2 rings (SSSR count). The van der Waals surface area contributed by atoms with E-state index >= 15 is 0 Å². The van der Waals surface area contributed by atoms with E-state index in [1.54, 1.807) is 31.5 Å². The average Bonchev–Trinajstić information content (AvgIpc) is 2.41. The minimum Gasteiger partial charge on any atom is -0.322 e. The Kier molecular flexibility index (Phi) is 3.86. The number of hydrogen-bond acceptors (Lipinski definition) is 2. The van der Waals surface area contributed by atoms with E-state index in [1.165, 1.54) is 0 Å². The first-order chi connectivity index (χ1) is 8.75. The van der Waals surface area contributed by atoms with Crippen molar-refractivity contribution in [3.05, 3.63) is 66.0 Å². The maximum atomic E-state index is 11.9. The summed E-state index contributed by atoms with van der Waals surface area (Å²) in [4.78, 5) is 15.8. The number of hydrogen-bond donors (Lipinski definition) is 1. The SMILES string of the molecule is C/C(=C\c1ccccc1)C(=O)Nc1ccncc1. The summed E-state index contributed by atoms with van der Waals surface area (Å²) in [6.07, 6.45) is 5.15. The zero-order valence-corrected chi connectivity index (χ0v) is 10.1. The Labute approximate surface area is 106 Å². The van der Waals surface area contributed by atoms with Crippen LogP contribution in [0.3, 0.4) is 0 Å². The maximum Gasteiger partial charge on any atom is 0.251 e. The Hall–Kier alpha value is -2.42. The van der Waals surface area contributed by atoms with Crippen LogP contribution in [0.5, 0.6) is 0 Å². The number of rotatable bonds is 3. The number of benzene rings is 1. The first kappa shape index (κ1) is 12.0. The fourth-order valence-electron chi connectivity index (χ4n) is 1.53. The molecular weight excluding hydrogens is 224 g/mol. The number of nitrogens with one attached hydrogen (secondary N) is 1. The van der Waals surface area contributed by atoms with E-state index < -0.39 is 0 Å². The lowest BCUT2D eigenvalue weighted by Gasteiger charge is -2.04. The molecule has 18 heavy (non-hydrogen) atoms.